The predicted octanol–water partition coefficient (Wildman–Crippen LogP) is 4.40. The zero-order chi connectivity index (χ0) is 21.0. The van der Waals surface area contributed by atoms with Crippen molar-refractivity contribution < 1.29 is 19.1 Å². The van der Waals surface area contributed by atoms with Crippen LogP contribution in [0.3, 0.4) is 0 Å². The van der Waals surface area contributed by atoms with Crippen LogP contribution in [0.25, 0.3) is 6.08 Å². The van der Waals surface area contributed by atoms with Gasteiger partial charge in [0, 0.05) is 10.6 Å². The topological polar surface area (TPSA) is 75.7 Å². The molecule has 0 unspecified atom stereocenters. The minimum absolute atomic E-state index is 0.276. The maximum absolute atomic E-state index is 12.6. The van der Waals surface area contributed by atoms with Crippen LogP contribution in [0.4, 0.5) is 10.5 Å². The number of thioether (sulfide) groups is 2. The molecule has 2 aromatic rings. The number of imide groups is 1. The normalized spacial score (nSPS) is 15.1. The molecular formula is C21H20N2O4S2. The summed E-state index contributed by atoms with van der Waals surface area (Å²) in [5, 5.41) is 2.26. The van der Waals surface area contributed by atoms with E-state index >= 15 is 0 Å². The lowest BCUT2D eigenvalue weighted by Crippen LogP contribution is -2.36. The summed E-state index contributed by atoms with van der Waals surface area (Å²) in [4.78, 5) is 39.5. The molecule has 0 aliphatic carbocycles. The van der Waals surface area contributed by atoms with Crippen LogP contribution in [-0.2, 0) is 9.59 Å². The number of carbonyl (C=O) groups is 3. The van der Waals surface area contributed by atoms with Crippen LogP contribution in [0.5, 0.6) is 5.75 Å². The van der Waals surface area contributed by atoms with Gasteiger partial charge in [-0.3, -0.25) is 19.3 Å². The Morgan fingerprint density at radius 3 is 2.76 bits per heavy atom. The average molecular weight is 429 g/mol. The summed E-state index contributed by atoms with van der Waals surface area (Å²) in [7, 11) is 1.58. The molecule has 1 N–H and O–H groups in total. The fourth-order valence-corrected chi connectivity index (χ4v) is 4.06. The summed E-state index contributed by atoms with van der Waals surface area (Å²) in [6, 6.07) is 12.9. The molecule has 1 aliphatic heterocycles. The minimum atomic E-state index is -0.479. The highest BCUT2D eigenvalue weighted by atomic mass is 32.2. The van der Waals surface area contributed by atoms with Crippen molar-refractivity contribution >= 4 is 52.3 Å². The zero-order valence-corrected chi connectivity index (χ0v) is 17.9. The number of aryl methyl sites for hydroxylation is 1. The first kappa shape index (κ1) is 21.0. The fourth-order valence-electron chi connectivity index (χ4n) is 2.76. The third-order valence-electron chi connectivity index (χ3n) is 4.26. The molecule has 1 aliphatic rings. The first-order valence-corrected chi connectivity index (χ1v) is 10.8. The Kier molecular flexibility index (Phi) is 6.66. The van der Waals surface area contributed by atoms with Gasteiger partial charge in [-0.15, -0.1) is 11.8 Å². The Labute approximate surface area is 177 Å². The molecule has 0 bridgehead atoms. The molecule has 0 aromatic heterocycles. The number of amides is 3. The molecule has 0 radical (unpaired) electrons. The van der Waals surface area contributed by atoms with Crippen molar-refractivity contribution in [2.24, 2.45) is 0 Å². The summed E-state index contributed by atoms with van der Waals surface area (Å²) in [6.45, 7) is 1.59. The van der Waals surface area contributed by atoms with E-state index in [0.717, 1.165) is 32.7 Å². The van der Waals surface area contributed by atoms with E-state index in [0.29, 0.717) is 11.4 Å². The number of nitrogens with one attached hydrogen (secondary N) is 1. The molecule has 3 rings (SSSR count). The van der Waals surface area contributed by atoms with E-state index in [-0.39, 0.29) is 11.4 Å². The monoisotopic (exact) mass is 428 g/mol. The number of benzene rings is 2. The molecule has 2 aromatic carbocycles. The molecule has 0 atom stereocenters. The van der Waals surface area contributed by atoms with Gasteiger partial charge in [0.05, 0.1) is 12.0 Å². The standard InChI is InChI=1S/C21H20N2O4S2/c1-13-7-8-14(9-17(13)27-2)10-18-20(25)23(21(26)29-18)12-19(24)22-15-5-4-6-16(11-15)28-3/h4-11H,12H2,1-3H3,(H,22,24)/b18-10+. The summed E-state index contributed by atoms with van der Waals surface area (Å²) in [5.74, 6) is -0.207. The number of rotatable bonds is 6. The van der Waals surface area contributed by atoms with Gasteiger partial charge in [-0.05, 0) is 66.4 Å². The molecule has 8 heteroatoms. The Hall–Kier alpha value is -2.71. The van der Waals surface area contributed by atoms with E-state index in [1.54, 1.807) is 37.1 Å². The number of carbonyl (C=O) groups excluding carboxylic acids is 3. The molecular weight excluding hydrogens is 408 g/mol. The van der Waals surface area contributed by atoms with Gasteiger partial charge in [-0.1, -0.05) is 18.2 Å². The van der Waals surface area contributed by atoms with E-state index in [2.05, 4.69) is 5.32 Å². The number of nitrogens with zero attached hydrogens (tertiary/aromatic N) is 1. The van der Waals surface area contributed by atoms with E-state index < -0.39 is 17.1 Å². The van der Waals surface area contributed by atoms with Crippen LogP contribution in [0.15, 0.2) is 52.3 Å². The van der Waals surface area contributed by atoms with Crippen LogP contribution in [0.1, 0.15) is 11.1 Å². The third-order valence-corrected chi connectivity index (χ3v) is 5.89. The second-order valence-electron chi connectivity index (χ2n) is 6.28. The molecule has 6 nitrogen and oxygen atoms in total. The van der Waals surface area contributed by atoms with Crippen LogP contribution in [0.2, 0.25) is 0 Å². The van der Waals surface area contributed by atoms with E-state index in [9.17, 15) is 14.4 Å². The van der Waals surface area contributed by atoms with E-state index in [4.69, 9.17) is 4.74 Å². The van der Waals surface area contributed by atoms with Crippen molar-refractivity contribution in [2.45, 2.75) is 11.8 Å². The van der Waals surface area contributed by atoms with Crippen LogP contribution in [0, 0.1) is 6.92 Å². The molecule has 0 saturated carbocycles. The average Bonchev–Trinajstić information content (AvgIpc) is 2.96. The molecule has 1 saturated heterocycles. The summed E-state index contributed by atoms with van der Waals surface area (Å²) in [5.41, 5.74) is 2.34. The SMILES string of the molecule is COc1cc(/C=C2/SC(=O)N(CC(=O)Nc3cccc(SC)c3)C2=O)ccc1C. The Morgan fingerprint density at radius 2 is 2.03 bits per heavy atom. The second-order valence-corrected chi connectivity index (χ2v) is 8.15. The lowest BCUT2D eigenvalue weighted by Gasteiger charge is -2.12. The summed E-state index contributed by atoms with van der Waals surface area (Å²) in [6.07, 6.45) is 3.57. The molecule has 29 heavy (non-hydrogen) atoms. The molecule has 0 spiro atoms. The predicted molar refractivity (Wildman–Crippen MR) is 117 cm³/mol. The van der Waals surface area contributed by atoms with Gasteiger partial charge in [-0.2, -0.15) is 0 Å². The Morgan fingerprint density at radius 1 is 1.24 bits per heavy atom. The van der Waals surface area contributed by atoms with Crippen LogP contribution in [-0.4, -0.2) is 41.9 Å². The van der Waals surface area contributed by atoms with E-state index in [1.807, 2.05) is 43.5 Å². The summed E-state index contributed by atoms with van der Waals surface area (Å²) < 4.78 is 5.29. The molecule has 150 valence electrons. The van der Waals surface area contributed by atoms with E-state index in [1.165, 1.54) is 0 Å². The number of anilines is 1. The van der Waals surface area contributed by atoms with Crippen molar-refractivity contribution in [3.05, 3.63) is 58.5 Å². The van der Waals surface area contributed by atoms with Gasteiger partial charge >= 0.3 is 0 Å². The van der Waals surface area contributed by atoms with Crippen molar-refractivity contribution in [3.63, 3.8) is 0 Å². The highest BCUT2D eigenvalue weighted by Gasteiger charge is 2.36. The van der Waals surface area contributed by atoms with Crippen molar-refractivity contribution in [2.75, 3.05) is 25.2 Å². The van der Waals surface area contributed by atoms with Crippen molar-refractivity contribution in [1.29, 1.82) is 0 Å². The van der Waals surface area contributed by atoms with Gasteiger partial charge < -0.3 is 10.1 Å². The molecule has 3 amide bonds. The van der Waals surface area contributed by atoms with Gasteiger partial charge in [-0.25, -0.2) is 0 Å². The third kappa shape index (κ3) is 5.02. The largest absolute Gasteiger partial charge is 0.496 e. The van der Waals surface area contributed by atoms with Gasteiger partial charge in [0.1, 0.15) is 12.3 Å². The van der Waals surface area contributed by atoms with Gasteiger partial charge in [0.2, 0.25) is 5.91 Å². The second kappa shape index (κ2) is 9.19. The van der Waals surface area contributed by atoms with Crippen LogP contribution < -0.4 is 10.1 Å². The zero-order valence-electron chi connectivity index (χ0n) is 16.2. The Balaban J connectivity index is 1.70. The maximum atomic E-state index is 12.6. The Bertz CT molecular complexity index is 1000. The van der Waals surface area contributed by atoms with Crippen molar-refractivity contribution in [1.82, 2.24) is 4.90 Å². The number of hydrogen-bond donors (Lipinski definition) is 1. The molecule has 1 heterocycles. The number of methoxy groups -OCH3 is 1. The lowest BCUT2D eigenvalue weighted by atomic mass is 10.1. The highest BCUT2D eigenvalue weighted by molar-refractivity contribution is 8.18. The quantitative estimate of drug-likeness (QED) is 0.543. The van der Waals surface area contributed by atoms with Gasteiger partial charge in [0.25, 0.3) is 11.1 Å². The van der Waals surface area contributed by atoms with Crippen molar-refractivity contribution in [3.8, 4) is 5.75 Å². The first-order chi connectivity index (χ1) is 13.9. The minimum Gasteiger partial charge on any atom is -0.496 e. The number of ether oxygens (including phenoxy) is 1. The highest BCUT2D eigenvalue weighted by Crippen LogP contribution is 2.33. The first-order valence-electron chi connectivity index (χ1n) is 8.75. The van der Waals surface area contributed by atoms with Gasteiger partial charge in [0.15, 0.2) is 0 Å². The number of hydrogen-bond acceptors (Lipinski definition) is 6. The molecule has 1 fully saturated rings. The lowest BCUT2D eigenvalue weighted by molar-refractivity contribution is -0.127. The fraction of sp³-hybridized carbons (Fsp3) is 0.190. The smallest absolute Gasteiger partial charge is 0.294 e. The maximum Gasteiger partial charge on any atom is 0.294 e. The summed E-state index contributed by atoms with van der Waals surface area (Å²) >= 11 is 2.38. The van der Waals surface area contributed by atoms with Crippen LogP contribution >= 0.6 is 23.5 Å².